The summed E-state index contributed by atoms with van der Waals surface area (Å²) in [6.07, 6.45) is 3.84. The van der Waals surface area contributed by atoms with Crippen LogP contribution in [0.15, 0.2) is 53.1 Å². The van der Waals surface area contributed by atoms with E-state index < -0.39 is 0 Å². The Morgan fingerprint density at radius 1 is 1.18 bits per heavy atom. The van der Waals surface area contributed by atoms with Crippen LogP contribution in [0.1, 0.15) is 0 Å². The topological polar surface area (TPSA) is 0 Å². The van der Waals surface area contributed by atoms with Crippen LogP contribution in [-0.4, -0.2) is 0 Å². The molecule has 0 heterocycles. The van der Waals surface area contributed by atoms with Gasteiger partial charge in [0.2, 0.25) is 0 Å². The van der Waals surface area contributed by atoms with Crippen LogP contribution in [0.4, 0.5) is 0 Å². The van der Waals surface area contributed by atoms with E-state index in [1.165, 1.54) is 3.57 Å². The van der Waals surface area contributed by atoms with Crippen LogP contribution in [0, 0.1) is 3.57 Å². The van der Waals surface area contributed by atoms with E-state index in [4.69, 9.17) is 0 Å². The highest BCUT2D eigenvalue weighted by molar-refractivity contribution is 5.00. The fraction of sp³-hybridized carbons (Fsp3) is 0. The second-order valence-electron chi connectivity index (χ2n) is 1.96. The van der Waals surface area contributed by atoms with Crippen molar-refractivity contribution in [3.8, 4) is 0 Å². The molecule has 0 aliphatic rings. The Bertz CT molecular complexity index is 236. The normalized spacial score (nSPS) is 10.2. The highest BCUT2D eigenvalue weighted by atomic mass is 127. The van der Waals surface area contributed by atoms with Gasteiger partial charge in [0.1, 0.15) is 0 Å². The van der Waals surface area contributed by atoms with E-state index in [2.05, 4.69) is 34.9 Å². The lowest BCUT2D eigenvalue weighted by molar-refractivity contribution is -0.556. The van der Waals surface area contributed by atoms with Gasteiger partial charge in [0.05, 0.1) is 0 Å². The van der Waals surface area contributed by atoms with Gasteiger partial charge >= 0.3 is 21.2 Å². The third-order valence-electron chi connectivity index (χ3n) is 1.13. The second-order valence-corrected chi connectivity index (χ2v) is 4.55. The standard InChI is InChI=1S/C10H10I/c1-2-3-9-11-10-7-5-4-6-8-10/h2-9H,1H2/q+1/b9-3+. The van der Waals surface area contributed by atoms with Crippen LogP contribution in [0.2, 0.25) is 0 Å². The van der Waals surface area contributed by atoms with Crippen molar-refractivity contribution in [2.75, 3.05) is 0 Å². The minimum Gasteiger partial charge on any atom is -0.0989 e. The molecular weight excluding hydrogens is 247 g/mol. The number of halogens is 1. The zero-order valence-corrected chi connectivity index (χ0v) is 8.36. The summed E-state index contributed by atoms with van der Waals surface area (Å²) in [5.74, 6) is 0. The molecule has 0 fully saturated rings. The molecule has 0 N–H and O–H groups in total. The zero-order valence-electron chi connectivity index (χ0n) is 6.20. The maximum atomic E-state index is 3.62. The SMILES string of the molecule is C=C/C=C/[I+]c1ccccc1. The summed E-state index contributed by atoms with van der Waals surface area (Å²) in [7, 11) is 0. The van der Waals surface area contributed by atoms with E-state index >= 15 is 0 Å². The highest BCUT2D eigenvalue weighted by Crippen LogP contribution is 1.81. The first-order valence-electron chi connectivity index (χ1n) is 3.39. The predicted octanol–water partition coefficient (Wildman–Crippen LogP) is -0.355. The van der Waals surface area contributed by atoms with Crippen LogP contribution in [0.5, 0.6) is 0 Å². The Labute approximate surface area is 77.9 Å². The summed E-state index contributed by atoms with van der Waals surface area (Å²) < 4.78 is 3.66. The predicted molar refractivity (Wildman–Crippen MR) is 44.5 cm³/mol. The van der Waals surface area contributed by atoms with E-state index in [-0.39, 0.29) is 21.2 Å². The molecule has 0 atom stereocenters. The van der Waals surface area contributed by atoms with Crippen molar-refractivity contribution in [3.63, 3.8) is 0 Å². The summed E-state index contributed by atoms with van der Waals surface area (Å²) in [5.41, 5.74) is 0. The van der Waals surface area contributed by atoms with Crippen molar-refractivity contribution in [1.82, 2.24) is 0 Å². The van der Waals surface area contributed by atoms with Crippen molar-refractivity contribution < 1.29 is 21.2 Å². The van der Waals surface area contributed by atoms with E-state index in [9.17, 15) is 0 Å². The molecule has 0 unspecified atom stereocenters. The van der Waals surface area contributed by atoms with Gasteiger partial charge in [-0.25, -0.2) is 0 Å². The maximum Gasteiger partial charge on any atom is 0.349 e. The summed E-state index contributed by atoms with van der Waals surface area (Å²) in [4.78, 5) is 0. The summed E-state index contributed by atoms with van der Waals surface area (Å²) in [6, 6.07) is 10.5. The van der Waals surface area contributed by atoms with Crippen LogP contribution in [0.25, 0.3) is 0 Å². The molecule has 0 bridgehead atoms. The molecule has 11 heavy (non-hydrogen) atoms. The average molecular weight is 257 g/mol. The third-order valence-corrected chi connectivity index (χ3v) is 3.34. The average Bonchev–Trinajstić information content (AvgIpc) is 2.07. The molecule has 1 heteroatoms. The first-order chi connectivity index (χ1) is 5.43. The summed E-state index contributed by atoms with van der Waals surface area (Å²) in [5, 5.41) is 0. The second kappa shape index (κ2) is 5.13. The van der Waals surface area contributed by atoms with Gasteiger partial charge in [0.15, 0.2) is 7.65 Å². The fourth-order valence-corrected chi connectivity index (χ4v) is 2.39. The van der Waals surface area contributed by atoms with Gasteiger partial charge in [-0.15, -0.1) is 0 Å². The highest BCUT2D eigenvalue weighted by Gasteiger charge is 2.03. The van der Waals surface area contributed by atoms with Crippen molar-refractivity contribution in [2.45, 2.75) is 0 Å². The van der Waals surface area contributed by atoms with Gasteiger partial charge in [0, 0.05) is 0 Å². The van der Waals surface area contributed by atoms with E-state index in [0.29, 0.717) is 0 Å². The Balaban J connectivity index is 2.51. The first kappa shape index (κ1) is 8.53. The van der Waals surface area contributed by atoms with E-state index in [1.54, 1.807) is 0 Å². The van der Waals surface area contributed by atoms with Gasteiger partial charge in [-0.3, -0.25) is 0 Å². The molecule has 0 saturated carbocycles. The molecule has 0 aliphatic carbocycles. The molecule has 1 rings (SSSR count). The number of allylic oxidation sites excluding steroid dienone is 2. The largest absolute Gasteiger partial charge is 0.349 e. The Morgan fingerprint density at radius 2 is 1.91 bits per heavy atom. The van der Waals surface area contributed by atoms with Crippen molar-refractivity contribution in [1.29, 1.82) is 0 Å². The molecule has 56 valence electrons. The summed E-state index contributed by atoms with van der Waals surface area (Å²) >= 11 is 0.0686. The third kappa shape index (κ3) is 3.37. The van der Waals surface area contributed by atoms with Gasteiger partial charge in [0.25, 0.3) is 0 Å². The number of benzene rings is 1. The van der Waals surface area contributed by atoms with E-state index in [1.807, 2.05) is 18.2 Å². The lowest BCUT2D eigenvalue weighted by atomic mass is 10.4. The molecule has 1 aromatic rings. The monoisotopic (exact) mass is 257 g/mol. The zero-order chi connectivity index (χ0) is 7.94. The number of hydrogen-bond acceptors (Lipinski definition) is 0. The minimum absolute atomic E-state index is 0.0686. The van der Waals surface area contributed by atoms with Crippen molar-refractivity contribution >= 4 is 0 Å². The fourth-order valence-electron chi connectivity index (χ4n) is 0.648. The van der Waals surface area contributed by atoms with Crippen LogP contribution in [0.3, 0.4) is 0 Å². The molecular formula is C10H10I+. The van der Waals surface area contributed by atoms with Gasteiger partial charge < -0.3 is 0 Å². The maximum absolute atomic E-state index is 3.62. The van der Waals surface area contributed by atoms with Crippen LogP contribution >= 0.6 is 0 Å². The van der Waals surface area contributed by atoms with Crippen LogP contribution < -0.4 is 21.2 Å². The number of rotatable bonds is 3. The quantitative estimate of drug-likeness (QED) is 0.512. The first-order valence-corrected chi connectivity index (χ1v) is 5.72. The lowest BCUT2D eigenvalue weighted by Gasteiger charge is -1.77. The smallest absolute Gasteiger partial charge is 0.0989 e. The Kier molecular flexibility index (Phi) is 3.98. The molecule has 0 radical (unpaired) electrons. The van der Waals surface area contributed by atoms with Crippen molar-refractivity contribution in [2.24, 2.45) is 0 Å². The van der Waals surface area contributed by atoms with Gasteiger partial charge in [-0.1, -0.05) is 30.9 Å². The van der Waals surface area contributed by atoms with Gasteiger partial charge in [-0.05, 0) is 18.2 Å². The molecule has 0 nitrogen and oxygen atoms in total. The van der Waals surface area contributed by atoms with Gasteiger partial charge in [-0.2, -0.15) is 0 Å². The van der Waals surface area contributed by atoms with Crippen LogP contribution in [-0.2, 0) is 0 Å². The molecule has 0 aromatic heterocycles. The summed E-state index contributed by atoms with van der Waals surface area (Å²) in [6.45, 7) is 3.62. The molecule has 1 aromatic carbocycles. The Morgan fingerprint density at radius 3 is 2.55 bits per heavy atom. The molecule has 0 saturated heterocycles. The Hall–Kier alpha value is -0.570. The number of hydrogen-bond donors (Lipinski definition) is 0. The lowest BCUT2D eigenvalue weighted by Crippen LogP contribution is -3.59. The molecule has 0 spiro atoms. The van der Waals surface area contributed by atoms with E-state index in [0.717, 1.165) is 0 Å². The minimum atomic E-state index is 0.0686. The molecule has 0 aliphatic heterocycles. The molecule has 0 amide bonds. The van der Waals surface area contributed by atoms with Crippen molar-refractivity contribution in [3.05, 3.63) is 56.7 Å².